The van der Waals surface area contributed by atoms with Gasteiger partial charge >= 0.3 is 0 Å². The Morgan fingerprint density at radius 3 is 2.60 bits per heavy atom. The summed E-state index contributed by atoms with van der Waals surface area (Å²) in [5.41, 5.74) is 0.717. The van der Waals surface area contributed by atoms with Crippen LogP contribution in [0.3, 0.4) is 0 Å². The van der Waals surface area contributed by atoms with E-state index in [1.165, 1.54) is 6.92 Å². The van der Waals surface area contributed by atoms with Crippen LogP contribution in [-0.4, -0.2) is 18.7 Å². The number of carbonyl (C=O) groups excluding carboxylic acids is 2. The molecule has 1 aromatic carbocycles. The predicted molar refractivity (Wildman–Crippen MR) is 60.4 cm³/mol. The topological polar surface area (TPSA) is 43.4 Å². The Labute approximate surface area is 96.6 Å². The van der Waals surface area contributed by atoms with Gasteiger partial charge in [0.15, 0.2) is 5.78 Å². The minimum atomic E-state index is -0.593. The number of alkyl halides is 1. The minimum absolute atomic E-state index is 0.455. The van der Waals surface area contributed by atoms with Crippen molar-refractivity contribution >= 4 is 27.5 Å². The fourth-order valence-electron chi connectivity index (χ4n) is 1.13. The SMILES string of the molecule is COc1cccc(C(Br)C(=O)C(C)=O)c1. The van der Waals surface area contributed by atoms with E-state index in [1.54, 1.807) is 31.4 Å². The molecule has 15 heavy (non-hydrogen) atoms. The summed E-state index contributed by atoms with van der Waals surface area (Å²) in [7, 11) is 1.55. The number of Topliss-reactive ketones (excluding diaryl/α,β-unsaturated/α-hetero) is 2. The molecule has 0 fully saturated rings. The fourth-order valence-corrected chi connectivity index (χ4v) is 1.74. The highest BCUT2D eigenvalue weighted by molar-refractivity contribution is 9.09. The maximum absolute atomic E-state index is 11.4. The monoisotopic (exact) mass is 270 g/mol. The average Bonchev–Trinajstić information content (AvgIpc) is 2.27. The smallest absolute Gasteiger partial charge is 0.216 e. The molecule has 0 saturated heterocycles. The summed E-state index contributed by atoms with van der Waals surface area (Å²) in [4.78, 5) is 21.7. The van der Waals surface area contributed by atoms with Gasteiger partial charge in [0.2, 0.25) is 5.78 Å². The molecule has 0 saturated carbocycles. The van der Waals surface area contributed by atoms with Crippen molar-refractivity contribution in [3.05, 3.63) is 29.8 Å². The number of ether oxygens (including phenoxy) is 1. The zero-order chi connectivity index (χ0) is 11.4. The van der Waals surface area contributed by atoms with Gasteiger partial charge in [0.05, 0.1) is 7.11 Å². The van der Waals surface area contributed by atoms with Gasteiger partial charge in [-0.05, 0) is 17.7 Å². The quantitative estimate of drug-likeness (QED) is 0.623. The molecule has 1 rings (SSSR count). The molecule has 0 amide bonds. The summed E-state index contributed by atoms with van der Waals surface area (Å²) < 4.78 is 5.03. The molecule has 0 N–H and O–H groups in total. The second-order valence-corrected chi connectivity index (χ2v) is 3.98. The molecule has 0 heterocycles. The third kappa shape index (κ3) is 2.89. The lowest BCUT2D eigenvalue weighted by Gasteiger charge is -2.08. The van der Waals surface area contributed by atoms with E-state index in [2.05, 4.69) is 15.9 Å². The molecule has 0 aliphatic rings. The van der Waals surface area contributed by atoms with Crippen LogP contribution in [0.2, 0.25) is 0 Å². The number of rotatable bonds is 4. The molecular formula is C11H11BrO3. The first-order valence-electron chi connectivity index (χ1n) is 4.39. The van der Waals surface area contributed by atoms with Gasteiger partial charge in [0.25, 0.3) is 0 Å². The van der Waals surface area contributed by atoms with E-state index in [4.69, 9.17) is 4.74 Å². The zero-order valence-corrected chi connectivity index (χ0v) is 10.1. The maximum Gasteiger partial charge on any atom is 0.216 e. The summed E-state index contributed by atoms with van der Waals surface area (Å²) in [6.07, 6.45) is 0. The van der Waals surface area contributed by atoms with Crippen molar-refractivity contribution < 1.29 is 14.3 Å². The van der Waals surface area contributed by atoms with Crippen LogP contribution in [0.25, 0.3) is 0 Å². The number of halogens is 1. The maximum atomic E-state index is 11.4. The molecular weight excluding hydrogens is 260 g/mol. The standard InChI is InChI=1S/C11H11BrO3/c1-7(13)11(14)10(12)8-4-3-5-9(6-8)15-2/h3-6,10H,1-2H3. The van der Waals surface area contributed by atoms with Gasteiger partial charge in [-0.1, -0.05) is 28.1 Å². The van der Waals surface area contributed by atoms with Gasteiger partial charge in [0, 0.05) is 6.92 Å². The second-order valence-electron chi connectivity index (χ2n) is 3.06. The largest absolute Gasteiger partial charge is 0.497 e. The summed E-state index contributed by atoms with van der Waals surface area (Å²) in [5.74, 6) is -0.253. The van der Waals surface area contributed by atoms with Crippen molar-refractivity contribution in [1.29, 1.82) is 0 Å². The van der Waals surface area contributed by atoms with Gasteiger partial charge in [-0.15, -0.1) is 0 Å². The first-order valence-corrected chi connectivity index (χ1v) is 5.30. The molecule has 3 nitrogen and oxygen atoms in total. The van der Waals surface area contributed by atoms with E-state index in [-0.39, 0.29) is 0 Å². The normalized spacial score (nSPS) is 11.9. The lowest BCUT2D eigenvalue weighted by atomic mass is 10.1. The molecule has 1 aromatic rings. The Kier molecular flexibility index (Phi) is 4.03. The summed E-state index contributed by atoms with van der Waals surface area (Å²) in [6, 6.07) is 7.04. The van der Waals surface area contributed by atoms with E-state index in [1.807, 2.05) is 0 Å². The van der Waals surface area contributed by atoms with E-state index in [0.717, 1.165) is 5.56 Å². The van der Waals surface area contributed by atoms with Crippen LogP contribution in [0.5, 0.6) is 5.75 Å². The van der Waals surface area contributed by atoms with Crippen LogP contribution in [0.4, 0.5) is 0 Å². The third-order valence-electron chi connectivity index (χ3n) is 1.96. The molecule has 0 radical (unpaired) electrons. The molecule has 0 bridgehead atoms. The summed E-state index contributed by atoms with van der Waals surface area (Å²) in [6.45, 7) is 1.26. The van der Waals surface area contributed by atoms with Crippen molar-refractivity contribution in [3.8, 4) is 5.75 Å². The Hall–Kier alpha value is -1.16. The third-order valence-corrected chi connectivity index (χ3v) is 2.91. The van der Waals surface area contributed by atoms with Crippen LogP contribution < -0.4 is 4.74 Å². The van der Waals surface area contributed by atoms with Crippen LogP contribution in [0.1, 0.15) is 17.3 Å². The van der Waals surface area contributed by atoms with Gasteiger partial charge < -0.3 is 4.74 Å². The van der Waals surface area contributed by atoms with E-state index >= 15 is 0 Å². The first-order chi connectivity index (χ1) is 7.06. The number of methoxy groups -OCH3 is 1. The van der Waals surface area contributed by atoms with Crippen LogP contribution >= 0.6 is 15.9 Å². The molecule has 0 spiro atoms. The van der Waals surface area contributed by atoms with Crippen molar-refractivity contribution in [2.45, 2.75) is 11.8 Å². The molecule has 1 atom stereocenters. The van der Waals surface area contributed by atoms with Crippen molar-refractivity contribution in [1.82, 2.24) is 0 Å². The Bertz CT molecular complexity index is 387. The Morgan fingerprint density at radius 2 is 2.07 bits per heavy atom. The van der Waals surface area contributed by atoms with E-state index < -0.39 is 16.4 Å². The van der Waals surface area contributed by atoms with Gasteiger partial charge in [-0.3, -0.25) is 9.59 Å². The fraction of sp³-hybridized carbons (Fsp3) is 0.273. The number of ketones is 2. The lowest BCUT2D eigenvalue weighted by molar-refractivity contribution is -0.135. The Morgan fingerprint density at radius 1 is 1.40 bits per heavy atom. The average molecular weight is 271 g/mol. The first kappa shape index (κ1) is 11.9. The van der Waals surface area contributed by atoms with Gasteiger partial charge in [-0.2, -0.15) is 0 Å². The van der Waals surface area contributed by atoms with Crippen molar-refractivity contribution in [2.75, 3.05) is 7.11 Å². The van der Waals surface area contributed by atoms with Gasteiger partial charge in [-0.25, -0.2) is 0 Å². The number of hydrogen-bond donors (Lipinski definition) is 0. The zero-order valence-electron chi connectivity index (χ0n) is 8.49. The highest BCUT2D eigenvalue weighted by atomic mass is 79.9. The molecule has 4 heteroatoms. The second kappa shape index (κ2) is 5.07. The summed E-state index contributed by atoms with van der Waals surface area (Å²) >= 11 is 3.19. The number of hydrogen-bond acceptors (Lipinski definition) is 3. The molecule has 0 aliphatic heterocycles. The lowest BCUT2D eigenvalue weighted by Crippen LogP contribution is -2.15. The van der Waals surface area contributed by atoms with E-state index in [9.17, 15) is 9.59 Å². The Balaban J connectivity index is 2.95. The highest BCUT2D eigenvalue weighted by Gasteiger charge is 2.21. The molecule has 1 unspecified atom stereocenters. The summed E-state index contributed by atoms with van der Waals surface area (Å²) in [5, 5.41) is 0. The van der Waals surface area contributed by atoms with Gasteiger partial charge in [0.1, 0.15) is 10.6 Å². The number of benzene rings is 1. The van der Waals surface area contributed by atoms with Crippen LogP contribution in [-0.2, 0) is 9.59 Å². The van der Waals surface area contributed by atoms with E-state index in [0.29, 0.717) is 5.75 Å². The highest BCUT2D eigenvalue weighted by Crippen LogP contribution is 2.26. The number of carbonyl (C=O) groups is 2. The molecule has 0 aliphatic carbocycles. The van der Waals surface area contributed by atoms with Crippen LogP contribution in [0, 0.1) is 0 Å². The van der Waals surface area contributed by atoms with Crippen LogP contribution in [0.15, 0.2) is 24.3 Å². The molecule has 80 valence electrons. The predicted octanol–water partition coefficient (Wildman–Crippen LogP) is 2.29. The van der Waals surface area contributed by atoms with Crippen molar-refractivity contribution in [3.63, 3.8) is 0 Å². The van der Waals surface area contributed by atoms with Crippen molar-refractivity contribution in [2.24, 2.45) is 0 Å². The minimum Gasteiger partial charge on any atom is -0.497 e. The molecule has 0 aromatic heterocycles.